The predicted octanol–water partition coefficient (Wildman–Crippen LogP) is 3.36. The van der Waals surface area contributed by atoms with Gasteiger partial charge in [-0.1, -0.05) is 37.3 Å². The van der Waals surface area contributed by atoms with Crippen LogP contribution < -0.4 is 10.2 Å². The molecular weight excluding hydrogens is 234 g/mol. The normalized spacial score (nSPS) is 11.9. The summed E-state index contributed by atoms with van der Waals surface area (Å²) in [7, 11) is 4.09. The number of nitrogens with one attached hydrogen (secondary N) is 1. The second-order valence-corrected chi connectivity index (χ2v) is 4.98. The molecule has 0 bridgehead atoms. The van der Waals surface area contributed by atoms with E-state index in [2.05, 4.69) is 52.5 Å². The molecule has 2 aromatic rings. The Bertz CT molecular complexity index is 508. The Hall–Kier alpha value is -2.03. The zero-order chi connectivity index (χ0) is 13.7. The van der Waals surface area contributed by atoms with E-state index < -0.39 is 0 Å². The number of hydrogen-bond acceptors (Lipinski definition) is 3. The molecule has 0 aliphatic heterocycles. The van der Waals surface area contributed by atoms with Crippen molar-refractivity contribution in [2.24, 2.45) is 0 Å². The van der Waals surface area contributed by atoms with Crippen LogP contribution in [0.1, 0.15) is 18.4 Å². The minimum Gasteiger partial charge on any atom is -0.382 e. The van der Waals surface area contributed by atoms with E-state index in [1.807, 2.05) is 32.6 Å². The fourth-order valence-electron chi connectivity index (χ4n) is 2.08. The van der Waals surface area contributed by atoms with Crippen LogP contribution in [0, 0.1) is 0 Å². The largest absolute Gasteiger partial charge is 0.382 e. The Balaban J connectivity index is 2.03. The first-order valence-electron chi connectivity index (χ1n) is 6.58. The molecule has 3 heteroatoms. The average molecular weight is 255 g/mol. The number of nitrogens with zero attached hydrogens (tertiary/aromatic N) is 2. The highest BCUT2D eigenvalue weighted by Gasteiger charge is 2.07. The van der Waals surface area contributed by atoms with Crippen molar-refractivity contribution in [3.63, 3.8) is 0 Å². The summed E-state index contributed by atoms with van der Waals surface area (Å²) in [5, 5.41) is 3.49. The van der Waals surface area contributed by atoms with Gasteiger partial charge >= 0.3 is 0 Å². The highest BCUT2D eigenvalue weighted by Crippen LogP contribution is 2.23. The Kier molecular flexibility index (Phi) is 4.39. The molecule has 0 saturated carbocycles. The summed E-state index contributed by atoms with van der Waals surface area (Å²) < 4.78 is 0. The predicted molar refractivity (Wildman–Crippen MR) is 81.9 cm³/mol. The van der Waals surface area contributed by atoms with E-state index in [1.165, 1.54) is 5.56 Å². The number of anilines is 2. The molecule has 19 heavy (non-hydrogen) atoms. The van der Waals surface area contributed by atoms with E-state index in [4.69, 9.17) is 0 Å². The molecule has 0 spiro atoms. The van der Waals surface area contributed by atoms with E-state index in [0.717, 1.165) is 17.9 Å². The maximum Gasteiger partial charge on any atom is 0.0764 e. The van der Waals surface area contributed by atoms with E-state index in [0.29, 0.717) is 5.92 Å². The van der Waals surface area contributed by atoms with Crippen LogP contribution in [0.3, 0.4) is 0 Å². The van der Waals surface area contributed by atoms with E-state index >= 15 is 0 Å². The topological polar surface area (TPSA) is 28.2 Å². The maximum absolute atomic E-state index is 4.19. The number of pyridine rings is 1. The number of benzene rings is 1. The highest BCUT2D eigenvalue weighted by atomic mass is 15.1. The van der Waals surface area contributed by atoms with E-state index in [-0.39, 0.29) is 0 Å². The van der Waals surface area contributed by atoms with Gasteiger partial charge < -0.3 is 10.2 Å². The van der Waals surface area contributed by atoms with Crippen molar-refractivity contribution < 1.29 is 0 Å². The molecule has 1 atom stereocenters. The summed E-state index contributed by atoms with van der Waals surface area (Å²) in [5.41, 5.74) is 3.59. The van der Waals surface area contributed by atoms with Gasteiger partial charge in [0.15, 0.2) is 0 Å². The van der Waals surface area contributed by atoms with Gasteiger partial charge in [0.25, 0.3) is 0 Å². The lowest BCUT2D eigenvalue weighted by Gasteiger charge is -2.20. The molecule has 0 amide bonds. The third-order valence-corrected chi connectivity index (χ3v) is 3.25. The zero-order valence-corrected chi connectivity index (χ0v) is 11.8. The van der Waals surface area contributed by atoms with Gasteiger partial charge in [-0.05, 0) is 17.5 Å². The molecule has 0 fully saturated rings. The monoisotopic (exact) mass is 255 g/mol. The lowest BCUT2D eigenvalue weighted by atomic mass is 10.0. The van der Waals surface area contributed by atoms with Gasteiger partial charge in [-0.2, -0.15) is 0 Å². The minimum absolute atomic E-state index is 0.469. The Labute approximate surface area is 115 Å². The van der Waals surface area contributed by atoms with Crippen LogP contribution in [0.15, 0.2) is 48.8 Å². The molecule has 0 aliphatic rings. The van der Waals surface area contributed by atoms with Crippen LogP contribution in [-0.4, -0.2) is 25.6 Å². The van der Waals surface area contributed by atoms with Crippen LogP contribution in [0.5, 0.6) is 0 Å². The minimum atomic E-state index is 0.469. The summed E-state index contributed by atoms with van der Waals surface area (Å²) in [6.07, 6.45) is 3.70. The van der Waals surface area contributed by atoms with Gasteiger partial charge in [0.2, 0.25) is 0 Å². The highest BCUT2D eigenvalue weighted by molar-refractivity contribution is 5.68. The SMILES string of the molecule is CC(CNc1cnccc1N(C)C)c1ccccc1. The summed E-state index contributed by atoms with van der Waals surface area (Å²) in [6, 6.07) is 12.6. The van der Waals surface area contributed by atoms with E-state index in [9.17, 15) is 0 Å². The zero-order valence-electron chi connectivity index (χ0n) is 11.8. The summed E-state index contributed by atoms with van der Waals surface area (Å²) in [6.45, 7) is 3.13. The fourth-order valence-corrected chi connectivity index (χ4v) is 2.08. The molecule has 1 heterocycles. The Morgan fingerprint density at radius 3 is 2.58 bits per heavy atom. The van der Waals surface area contributed by atoms with Crippen LogP contribution in [0.2, 0.25) is 0 Å². The lowest BCUT2D eigenvalue weighted by molar-refractivity contribution is 0.804. The first-order chi connectivity index (χ1) is 9.18. The van der Waals surface area contributed by atoms with Gasteiger partial charge in [0, 0.05) is 26.8 Å². The second-order valence-electron chi connectivity index (χ2n) is 4.98. The second kappa shape index (κ2) is 6.23. The fraction of sp³-hybridized carbons (Fsp3) is 0.312. The Morgan fingerprint density at radius 1 is 1.16 bits per heavy atom. The molecule has 1 unspecified atom stereocenters. The smallest absolute Gasteiger partial charge is 0.0764 e. The van der Waals surface area contributed by atoms with Crippen molar-refractivity contribution >= 4 is 11.4 Å². The van der Waals surface area contributed by atoms with Gasteiger partial charge in [0.05, 0.1) is 17.6 Å². The Morgan fingerprint density at radius 2 is 1.89 bits per heavy atom. The van der Waals surface area contributed by atoms with Crippen molar-refractivity contribution in [3.05, 3.63) is 54.4 Å². The summed E-state index contributed by atoms with van der Waals surface area (Å²) in [5.74, 6) is 0.469. The maximum atomic E-state index is 4.19. The molecule has 2 rings (SSSR count). The molecular formula is C16H21N3. The van der Waals surface area contributed by atoms with Gasteiger partial charge in [-0.3, -0.25) is 4.98 Å². The first kappa shape index (κ1) is 13.4. The lowest BCUT2D eigenvalue weighted by Crippen LogP contribution is -2.15. The van der Waals surface area contributed by atoms with E-state index in [1.54, 1.807) is 0 Å². The van der Waals surface area contributed by atoms with Gasteiger partial charge in [-0.25, -0.2) is 0 Å². The molecule has 3 nitrogen and oxygen atoms in total. The van der Waals surface area contributed by atoms with Crippen molar-refractivity contribution in [2.45, 2.75) is 12.8 Å². The number of hydrogen-bond donors (Lipinski definition) is 1. The van der Waals surface area contributed by atoms with Crippen molar-refractivity contribution in [2.75, 3.05) is 30.9 Å². The number of rotatable bonds is 5. The third-order valence-electron chi connectivity index (χ3n) is 3.25. The molecule has 1 aromatic heterocycles. The van der Waals surface area contributed by atoms with Crippen LogP contribution in [0.4, 0.5) is 11.4 Å². The van der Waals surface area contributed by atoms with Crippen molar-refractivity contribution in [1.82, 2.24) is 4.98 Å². The molecule has 0 saturated heterocycles. The van der Waals surface area contributed by atoms with Crippen LogP contribution in [0.25, 0.3) is 0 Å². The molecule has 1 N–H and O–H groups in total. The van der Waals surface area contributed by atoms with Gasteiger partial charge in [0.1, 0.15) is 0 Å². The molecule has 0 radical (unpaired) electrons. The average Bonchev–Trinajstić information content (AvgIpc) is 2.46. The van der Waals surface area contributed by atoms with Crippen molar-refractivity contribution in [3.8, 4) is 0 Å². The summed E-state index contributed by atoms with van der Waals surface area (Å²) >= 11 is 0. The van der Waals surface area contributed by atoms with Crippen LogP contribution >= 0.6 is 0 Å². The van der Waals surface area contributed by atoms with Gasteiger partial charge in [-0.15, -0.1) is 0 Å². The quantitative estimate of drug-likeness (QED) is 0.888. The first-order valence-corrected chi connectivity index (χ1v) is 6.58. The standard InChI is InChI=1S/C16H21N3/c1-13(14-7-5-4-6-8-14)11-18-15-12-17-10-9-16(15)19(2)3/h4-10,12-13,18H,11H2,1-3H3. The molecule has 0 aliphatic carbocycles. The molecule has 1 aromatic carbocycles. The third kappa shape index (κ3) is 3.47. The summed E-state index contributed by atoms with van der Waals surface area (Å²) in [4.78, 5) is 6.28. The number of aromatic nitrogens is 1. The molecule has 100 valence electrons. The van der Waals surface area contributed by atoms with Crippen LogP contribution in [-0.2, 0) is 0 Å². The van der Waals surface area contributed by atoms with Crippen molar-refractivity contribution in [1.29, 1.82) is 0 Å².